The normalized spacial score (nSPS) is 11.4. The van der Waals surface area contributed by atoms with Gasteiger partial charge in [0.05, 0.1) is 12.3 Å². The van der Waals surface area contributed by atoms with Crippen molar-refractivity contribution in [1.29, 1.82) is 0 Å². The van der Waals surface area contributed by atoms with E-state index in [1.807, 2.05) is 12.3 Å². The third-order valence-electron chi connectivity index (χ3n) is 2.34. The minimum absolute atomic E-state index is 0.357. The molecule has 0 unspecified atom stereocenters. The summed E-state index contributed by atoms with van der Waals surface area (Å²) in [7, 11) is 3.17. The van der Waals surface area contributed by atoms with Gasteiger partial charge in [-0.3, -0.25) is 0 Å². The molecule has 2 heterocycles. The highest BCUT2D eigenvalue weighted by molar-refractivity contribution is 7.98. The first-order valence-electron chi connectivity index (χ1n) is 5.58. The SMILES string of the molecule is COC(Cn1nnnc1SCc1nc(C)cs1)OC. The number of thiazole rings is 1. The molecule has 9 heteroatoms. The van der Waals surface area contributed by atoms with Gasteiger partial charge in [-0.05, 0) is 17.4 Å². The molecule has 0 saturated heterocycles. The summed E-state index contributed by atoms with van der Waals surface area (Å²) in [5.74, 6) is 0.753. The topological polar surface area (TPSA) is 75.0 Å². The van der Waals surface area contributed by atoms with E-state index in [1.165, 1.54) is 0 Å². The third kappa shape index (κ3) is 3.96. The zero-order valence-electron chi connectivity index (χ0n) is 10.9. The molecule has 19 heavy (non-hydrogen) atoms. The third-order valence-corrected chi connectivity index (χ3v) is 4.46. The van der Waals surface area contributed by atoms with E-state index in [9.17, 15) is 0 Å². The summed E-state index contributed by atoms with van der Waals surface area (Å²) in [5, 5.41) is 15.4. The maximum absolute atomic E-state index is 5.14. The number of aromatic nitrogens is 5. The molecule has 7 nitrogen and oxygen atoms in total. The first-order valence-corrected chi connectivity index (χ1v) is 7.45. The number of hydrogen-bond acceptors (Lipinski definition) is 8. The van der Waals surface area contributed by atoms with E-state index < -0.39 is 0 Å². The average molecular weight is 301 g/mol. The number of methoxy groups -OCH3 is 2. The van der Waals surface area contributed by atoms with Gasteiger partial charge in [-0.15, -0.1) is 16.4 Å². The van der Waals surface area contributed by atoms with Crippen molar-refractivity contribution in [3.05, 3.63) is 16.1 Å². The van der Waals surface area contributed by atoms with Crippen LogP contribution in [-0.4, -0.2) is 45.7 Å². The molecule has 0 bridgehead atoms. The number of nitrogens with zero attached hydrogens (tertiary/aromatic N) is 5. The lowest BCUT2D eigenvalue weighted by molar-refractivity contribution is -0.113. The summed E-state index contributed by atoms with van der Waals surface area (Å²) in [5.41, 5.74) is 1.04. The van der Waals surface area contributed by atoms with E-state index in [0.717, 1.165) is 21.6 Å². The second-order valence-electron chi connectivity index (χ2n) is 3.72. The van der Waals surface area contributed by atoms with Crippen molar-refractivity contribution in [2.24, 2.45) is 0 Å². The van der Waals surface area contributed by atoms with Gasteiger partial charge in [-0.2, -0.15) is 0 Å². The van der Waals surface area contributed by atoms with Crippen molar-refractivity contribution in [1.82, 2.24) is 25.2 Å². The quantitative estimate of drug-likeness (QED) is 0.564. The van der Waals surface area contributed by atoms with Crippen LogP contribution in [-0.2, 0) is 21.8 Å². The Kier molecular flexibility index (Phi) is 5.25. The Morgan fingerprint density at radius 1 is 1.42 bits per heavy atom. The lowest BCUT2D eigenvalue weighted by Crippen LogP contribution is -2.21. The summed E-state index contributed by atoms with van der Waals surface area (Å²) in [4.78, 5) is 4.40. The molecule has 0 aliphatic rings. The van der Waals surface area contributed by atoms with Gasteiger partial charge in [0.25, 0.3) is 0 Å². The summed E-state index contributed by atoms with van der Waals surface area (Å²) in [6.45, 7) is 2.44. The molecule has 0 atom stereocenters. The molecule has 0 fully saturated rings. The molecule has 0 aromatic carbocycles. The first kappa shape index (κ1) is 14.4. The maximum atomic E-state index is 5.14. The van der Waals surface area contributed by atoms with Crippen LogP contribution in [0.15, 0.2) is 10.5 Å². The molecule has 0 N–H and O–H groups in total. The number of hydrogen-bond donors (Lipinski definition) is 0. The molecule has 0 aliphatic carbocycles. The van der Waals surface area contributed by atoms with Crippen LogP contribution in [0.3, 0.4) is 0 Å². The first-order chi connectivity index (χ1) is 9.22. The minimum Gasteiger partial charge on any atom is -0.354 e. The van der Waals surface area contributed by atoms with E-state index >= 15 is 0 Å². The maximum Gasteiger partial charge on any atom is 0.209 e. The Bertz CT molecular complexity index is 511. The van der Waals surface area contributed by atoms with E-state index in [1.54, 1.807) is 42.0 Å². The summed E-state index contributed by atoms with van der Waals surface area (Å²) in [6.07, 6.45) is -0.357. The summed E-state index contributed by atoms with van der Waals surface area (Å²) >= 11 is 3.19. The molecule has 2 aromatic rings. The largest absolute Gasteiger partial charge is 0.354 e. The molecular weight excluding hydrogens is 286 g/mol. The Morgan fingerprint density at radius 3 is 2.84 bits per heavy atom. The zero-order chi connectivity index (χ0) is 13.7. The second kappa shape index (κ2) is 6.94. The Morgan fingerprint density at radius 2 is 2.21 bits per heavy atom. The molecule has 0 radical (unpaired) electrons. The van der Waals surface area contributed by atoms with Gasteiger partial charge in [0, 0.05) is 25.3 Å². The Labute approximate surface area is 119 Å². The molecular formula is C10H15N5O2S2. The monoisotopic (exact) mass is 301 g/mol. The number of tetrazole rings is 1. The number of ether oxygens (including phenoxy) is 2. The number of aryl methyl sites for hydroxylation is 1. The second-order valence-corrected chi connectivity index (χ2v) is 5.60. The van der Waals surface area contributed by atoms with E-state index in [0.29, 0.717) is 6.54 Å². The van der Waals surface area contributed by atoms with Crippen LogP contribution < -0.4 is 0 Å². The molecule has 0 saturated carbocycles. The fourth-order valence-electron chi connectivity index (χ4n) is 1.40. The van der Waals surface area contributed by atoms with Crippen molar-refractivity contribution in [2.75, 3.05) is 14.2 Å². The van der Waals surface area contributed by atoms with Crippen LogP contribution in [0, 0.1) is 6.92 Å². The highest BCUT2D eigenvalue weighted by Crippen LogP contribution is 2.22. The van der Waals surface area contributed by atoms with E-state index in [4.69, 9.17) is 9.47 Å². The standard InChI is InChI=1S/C10H15N5O2S2/c1-7-5-18-8(11-7)6-19-10-12-13-14-15(10)4-9(16-2)17-3/h5,9H,4,6H2,1-3H3. The molecule has 104 valence electrons. The van der Waals surface area contributed by atoms with E-state index in [-0.39, 0.29) is 6.29 Å². The van der Waals surface area contributed by atoms with Crippen LogP contribution >= 0.6 is 23.1 Å². The lowest BCUT2D eigenvalue weighted by Gasteiger charge is -2.13. The van der Waals surface area contributed by atoms with Gasteiger partial charge in [0.2, 0.25) is 5.16 Å². The van der Waals surface area contributed by atoms with Crippen molar-refractivity contribution in [2.45, 2.75) is 30.7 Å². The lowest BCUT2D eigenvalue weighted by atomic mass is 10.6. The Hall–Kier alpha value is -1.03. The van der Waals surface area contributed by atoms with Gasteiger partial charge >= 0.3 is 0 Å². The van der Waals surface area contributed by atoms with E-state index in [2.05, 4.69) is 20.5 Å². The van der Waals surface area contributed by atoms with Crippen molar-refractivity contribution in [3.63, 3.8) is 0 Å². The van der Waals surface area contributed by atoms with Gasteiger partial charge in [-0.1, -0.05) is 11.8 Å². The number of thioether (sulfide) groups is 1. The molecule has 0 amide bonds. The van der Waals surface area contributed by atoms with Crippen LogP contribution in [0.2, 0.25) is 0 Å². The fourth-order valence-corrected chi connectivity index (χ4v) is 3.07. The predicted molar refractivity (Wildman–Crippen MR) is 72.0 cm³/mol. The van der Waals surface area contributed by atoms with Gasteiger partial charge in [0.15, 0.2) is 6.29 Å². The smallest absolute Gasteiger partial charge is 0.209 e. The van der Waals surface area contributed by atoms with Gasteiger partial charge in [-0.25, -0.2) is 9.67 Å². The predicted octanol–water partition coefficient (Wildman–Crippen LogP) is 1.35. The highest BCUT2D eigenvalue weighted by atomic mass is 32.2. The van der Waals surface area contributed by atoms with Crippen LogP contribution in [0.25, 0.3) is 0 Å². The van der Waals surface area contributed by atoms with Gasteiger partial charge < -0.3 is 9.47 Å². The molecule has 2 rings (SSSR count). The average Bonchev–Trinajstić information content (AvgIpc) is 3.02. The Balaban J connectivity index is 1.95. The minimum atomic E-state index is -0.357. The van der Waals surface area contributed by atoms with Gasteiger partial charge in [0.1, 0.15) is 5.01 Å². The fraction of sp³-hybridized carbons (Fsp3) is 0.600. The molecule has 2 aromatic heterocycles. The molecule has 0 aliphatic heterocycles. The van der Waals surface area contributed by atoms with Crippen LogP contribution in [0.1, 0.15) is 10.7 Å². The number of rotatable bonds is 7. The zero-order valence-corrected chi connectivity index (χ0v) is 12.6. The van der Waals surface area contributed by atoms with Crippen LogP contribution in [0.4, 0.5) is 0 Å². The summed E-state index contributed by atoms with van der Waals surface area (Å²) in [6, 6.07) is 0. The van der Waals surface area contributed by atoms with Crippen molar-refractivity contribution in [3.8, 4) is 0 Å². The van der Waals surface area contributed by atoms with Crippen molar-refractivity contribution < 1.29 is 9.47 Å². The highest BCUT2D eigenvalue weighted by Gasteiger charge is 2.13. The summed E-state index contributed by atoms with van der Waals surface area (Å²) < 4.78 is 11.9. The molecule has 0 spiro atoms. The van der Waals surface area contributed by atoms with Crippen molar-refractivity contribution >= 4 is 23.1 Å². The van der Waals surface area contributed by atoms with Crippen LogP contribution in [0.5, 0.6) is 0 Å².